The van der Waals surface area contributed by atoms with Crippen molar-refractivity contribution in [2.45, 2.75) is 38.1 Å². The van der Waals surface area contributed by atoms with Crippen LogP contribution in [0.25, 0.3) is 10.7 Å². The number of ether oxygens (including phenoxy) is 1. The molecule has 0 spiro atoms. The summed E-state index contributed by atoms with van der Waals surface area (Å²) >= 11 is 1.18. The molecule has 0 saturated heterocycles. The van der Waals surface area contributed by atoms with Gasteiger partial charge in [-0.05, 0) is 44.7 Å². The van der Waals surface area contributed by atoms with Crippen molar-refractivity contribution in [3.8, 4) is 16.8 Å². The Balaban J connectivity index is 1.61. The first-order chi connectivity index (χ1) is 12.5. The molecule has 0 bridgehead atoms. The number of nitriles is 1. The third-order valence-corrected chi connectivity index (χ3v) is 5.41. The number of hydrogen-bond acceptors (Lipinski definition) is 7. The zero-order chi connectivity index (χ0) is 18.6. The molecule has 1 N–H and O–H groups in total. The maximum absolute atomic E-state index is 12.3. The molecule has 1 fully saturated rings. The quantitative estimate of drug-likeness (QED) is 0.811. The molecule has 7 nitrogen and oxygen atoms in total. The fourth-order valence-electron chi connectivity index (χ4n) is 2.93. The highest BCUT2D eigenvalue weighted by molar-refractivity contribution is 7.17. The lowest BCUT2D eigenvalue weighted by Crippen LogP contribution is -2.46. The number of hydrogen-bond donors (Lipinski definition) is 1. The summed E-state index contributed by atoms with van der Waals surface area (Å²) < 4.78 is 5.11. The number of thiazole rings is 1. The molecule has 2 heterocycles. The Morgan fingerprint density at radius 2 is 2.15 bits per heavy atom. The van der Waals surface area contributed by atoms with Crippen molar-refractivity contribution in [2.75, 3.05) is 6.61 Å². The molecule has 3 rings (SSSR count). The van der Waals surface area contributed by atoms with Gasteiger partial charge in [0.2, 0.25) is 0 Å². The monoisotopic (exact) mass is 370 g/mol. The number of aromatic nitrogens is 2. The Kier molecular flexibility index (Phi) is 5.28. The number of nitrogens with zero attached hydrogens (tertiary/aromatic N) is 3. The van der Waals surface area contributed by atoms with E-state index >= 15 is 0 Å². The second-order valence-electron chi connectivity index (χ2n) is 6.17. The van der Waals surface area contributed by atoms with Crippen LogP contribution in [0.15, 0.2) is 24.4 Å². The topological polar surface area (TPSA) is 105 Å². The number of amides is 1. The Bertz CT molecular complexity index is 851. The predicted octanol–water partition coefficient (Wildman–Crippen LogP) is 2.62. The van der Waals surface area contributed by atoms with Crippen molar-refractivity contribution in [1.82, 2.24) is 15.3 Å². The highest BCUT2D eigenvalue weighted by Gasteiger charge is 2.35. The van der Waals surface area contributed by atoms with Gasteiger partial charge in [-0.2, -0.15) is 5.26 Å². The molecule has 0 unspecified atom stereocenters. The van der Waals surface area contributed by atoms with Gasteiger partial charge in [0.05, 0.1) is 17.5 Å². The van der Waals surface area contributed by atoms with Crippen LogP contribution in [0.2, 0.25) is 0 Å². The average Bonchev–Trinajstić information content (AvgIpc) is 3.28. The van der Waals surface area contributed by atoms with Crippen LogP contribution in [0.1, 0.15) is 41.0 Å². The molecule has 1 aliphatic rings. The molecular weight excluding hydrogens is 352 g/mol. The minimum atomic E-state index is -0.823. The van der Waals surface area contributed by atoms with E-state index in [4.69, 9.17) is 4.74 Å². The molecule has 2 aromatic heterocycles. The van der Waals surface area contributed by atoms with E-state index in [1.165, 1.54) is 11.3 Å². The number of carbonyl (C=O) groups excluding carboxylic acids is 2. The van der Waals surface area contributed by atoms with E-state index in [0.29, 0.717) is 34.1 Å². The van der Waals surface area contributed by atoms with E-state index in [9.17, 15) is 14.9 Å². The van der Waals surface area contributed by atoms with Gasteiger partial charge in [0, 0.05) is 6.20 Å². The summed E-state index contributed by atoms with van der Waals surface area (Å²) in [7, 11) is 0. The van der Waals surface area contributed by atoms with Crippen molar-refractivity contribution in [3.63, 3.8) is 0 Å². The maximum atomic E-state index is 12.3. The van der Waals surface area contributed by atoms with Gasteiger partial charge in [-0.25, -0.2) is 9.78 Å². The van der Waals surface area contributed by atoms with Crippen molar-refractivity contribution in [2.24, 2.45) is 0 Å². The molecule has 0 aliphatic heterocycles. The van der Waals surface area contributed by atoms with Gasteiger partial charge < -0.3 is 10.1 Å². The van der Waals surface area contributed by atoms with Crippen molar-refractivity contribution >= 4 is 23.2 Å². The Labute approximate surface area is 155 Å². The van der Waals surface area contributed by atoms with Gasteiger partial charge in [0.15, 0.2) is 6.61 Å². The molecule has 0 radical (unpaired) electrons. The van der Waals surface area contributed by atoms with Gasteiger partial charge in [0.1, 0.15) is 15.4 Å². The predicted molar refractivity (Wildman–Crippen MR) is 95.3 cm³/mol. The SMILES string of the molecule is Cc1nc(-c2ccccn2)sc1C(=O)OCC(=O)NC1(C#N)CCCC1. The van der Waals surface area contributed by atoms with Crippen LogP contribution in [-0.2, 0) is 9.53 Å². The Morgan fingerprint density at radius 1 is 1.38 bits per heavy atom. The van der Waals surface area contributed by atoms with Gasteiger partial charge in [-0.1, -0.05) is 6.07 Å². The van der Waals surface area contributed by atoms with Gasteiger partial charge in [0.25, 0.3) is 5.91 Å². The number of esters is 1. The maximum Gasteiger partial charge on any atom is 0.350 e. The van der Waals surface area contributed by atoms with E-state index < -0.39 is 24.0 Å². The molecule has 1 amide bonds. The van der Waals surface area contributed by atoms with Crippen molar-refractivity contribution in [1.29, 1.82) is 5.26 Å². The Hall–Kier alpha value is -2.79. The zero-order valence-electron chi connectivity index (χ0n) is 14.3. The van der Waals surface area contributed by atoms with Gasteiger partial charge in [-0.3, -0.25) is 9.78 Å². The third kappa shape index (κ3) is 3.89. The summed E-state index contributed by atoms with van der Waals surface area (Å²) in [6.45, 7) is 1.29. The van der Waals surface area contributed by atoms with Crippen molar-refractivity contribution < 1.29 is 14.3 Å². The lowest BCUT2D eigenvalue weighted by Gasteiger charge is -2.21. The summed E-state index contributed by atoms with van der Waals surface area (Å²) in [5, 5.41) is 12.6. The standard InChI is InChI=1S/C18H18N4O3S/c1-12-15(26-16(21-12)13-6-2-5-9-20-13)17(24)25-10-14(23)22-18(11-19)7-3-4-8-18/h2,5-6,9H,3-4,7-8,10H2,1H3,(H,22,23). The van der Waals surface area contributed by atoms with Gasteiger partial charge in [-0.15, -0.1) is 11.3 Å². The van der Waals surface area contributed by atoms with E-state index in [0.717, 1.165) is 12.8 Å². The first-order valence-electron chi connectivity index (χ1n) is 8.31. The third-order valence-electron chi connectivity index (χ3n) is 4.25. The molecule has 1 aliphatic carbocycles. The number of aryl methyl sites for hydroxylation is 1. The van der Waals surface area contributed by atoms with Gasteiger partial charge >= 0.3 is 5.97 Å². The normalized spacial score (nSPS) is 15.2. The molecule has 2 aromatic rings. The molecule has 134 valence electrons. The van der Waals surface area contributed by atoms with Crippen LogP contribution >= 0.6 is 11.3 Å². The molecule has 8 heteroatoms. The van der Waals surface area contributed by atoms with E-state index in [1.807, 2.05) is 12.1 Å². The zero-order valence-corrected chi connectivity index (χ0v) is 15.1. The first kappa shape index (κ1) is 18.0. The smallest absolute Gasteiger partial charge is 0.350 e. The Morgan fingerprint density at radius 3 is 2.81 bits per heavy atom. The minimum absolute atomic E-state index is 0.342. The van der Waals surface area contributed by atoms with Crippen molar-refractivity contribution in [3.05, 3.63) is 35.0 Å². The lowest BCUT2D eigenvalue weighted by molar-refractivity contribution is -0.125. The molecule has 26 heavy (non-hydrogen) atoms. The molecule has 0 aromatic carbocycles. The fraction of sp³-hybridized carbons (Fsp3) is 0.389. The van der Waals surface area contributed by atoms with E-state index in [-0.39, 0.29) is 0 Å². The number of nitrogens with one attached hydrogen (secondary N) is 1. The van der Waals surface area contributed by atoms with E-state index in [2.05, 4.69) is 21.4 Å². The van der Waals surface area contributed by atoms with Crippen LogP contribution in [-0.4, -0.2) is 34.0 Å². The molecule has 0 atom stereocenters. The molecular formula is C18H18N4O3S. The minimum Gasteiger partial charge on any atom is -0.451 e. The lowest BCUT2D eigenvalue weighted by atomic mass is 10.00. The second-order valence-corrected chi connectivity index (χ2v) is 7.17. The van der Waals surface area contributed by atoms with E-state index in [1.54, 1.807) is 19.2 Å². The van der Waals surface area contributed by atoms with Crippen LogP contribution in [0.5, 0.6) is 0 Å². The highest BCUT2D eigenvalue weighted by atomic mass is 32.1. The van der Waals surface area contributed by atoms with Crippen LogP contribution in [0.4, 0.5) is 0 Å². The van der Waals surface area contributed by atoms with Crippen LogP contribution in [0.3, 0.4) is 0 Å². The highest BCUT2D eigenvalue weighted by Crippen LogP contribution is 2.29. The first-order valence-corrected chi connectivity index (χ1v) is 9.13. The van der Waals surface area contributed by atoms with Crippen LogP contribution < -0.4 is 5.32 Å². The second kappa shape index (κ2) is 7.62. The fourth-order valence-corrected chi connectivity index (χ4v) is 3.86. The summed E-state index contributed by atoms with van der Waals surface area (Å²) in [5.41, 5.74) is 0.385. The summed E-state index contributed by atoms with van der Waals surface area (Å²) in [5.74, 6) is -1.07. The number of rotatable bonds is 5. The number of pyridine rings is 1. The largest absolute Gasteiger partial charge is 0.451 e. The average molecular weight is 370 g/mol. The summed E-state index contributed by atoms with van der Waals surface area (Å²) in [6.07, 6.45) is 4.73. The summed E-state index contributed by atoms with van der Waals surface area (Å²) in [6, 6.07) is 7.62. The number of carbonyl (C=O) groups is 2. The van der Waals surface area contributed by atoms with Crippen LogP contribution in [0, 0.1) is 18.3 Å². The summed E-state index contributed by atoms with van der Waals surface area (Å²) in [4.78, 5) is 33.2. The molecule has 1 saturated carbocycles.